The van der Waals surface area contributed by atoms with Crippen molar-refractivity contribution in [3.05, 3.63) is 60.4 Å². The Morgan fingerprint density at radius 2 is 1.75 bits per heavy atom. The molecular weight excluding hydrogens is 342 g/mol. The van der Waals surface area contributed by atoms with Crippen molar-refractivity contribution in [1.29, 1.82) is 0 Å². The van der Waals surface area contributed by atoms with Crippen LogP contribution in [-0.2, 0) is 0 Å². The molecule has 24 heavy (non-hydrogen) atoms. The summed E-state index contributed by atoms with van der Waals surface area (Å²) in [6.45, 7) is 1.85. The van der Waals surface area contributed by atoms with E-state index in [0.717, 1.165) is 30.3 Å². The highest BCUT2D eigenvalue weighted by molar-refractivity contribution is 7.99. The predicted octanol–water partition coefficient (Wildman–Crippen LogP) is 2.95. The van der Waals surface area contributed by atoms with Gasteiger partial charge in [0.05, 0.1) is 5.69 Å². The highest BCUT2D eigenvalue weighted by atomic mass is 35.5. The zero-order valence-corrected chi connectivity index (χ0v) is 14.8. The molecule has 3 rings (SSSR count). The van der Waals surface area contributed by atoms with E-state index in [0.29, 0.717) is 17.5 Å². The lowest BCUT2D eigenvalue weighted by Crippen LogP contribution is -2.38. The highest BCUT2D eigenvalue weighted by Crippen LogP contribution is 2.15. The fourth-order valence-electron chi connectivity index (χ4n) is 2.23. The van der Waals surface area contributed by atoms with Crippen LogP contribution in [0, 0.1) is 0 Å². The lowest BCUT2D eigenvalue weighted by molar-refractivity contribution is 0.458. The Morgan fingerprint density at radius 3 is 2.42 bits per heavy atom. The van der Waals surface area contributed by atoms with Crippen LogP contribution in [0.1, 0.15) is 5.69 Å². The van der Waals surface area contributed by atoms with Gasteiger partial charge in [-0.05, 0) is 24.3 Å². The zero-order chi connectivity index (χ0) is 15.9. The molecule has 0 saturated carbocycles. The maximum Gasteiger partial charge on any atom is 0.227 e. The van der Waals surface area contributed by atoms with E-state index < -0.39 is 0 Å². The molecule has 5 nitrogen and oxygen atoms in total. The minimum atomic E-state index is 0. The van der Waals surface area contributed by atoms with E-state index in [9.17, 15) is 0 Å². The average molecular weight is 362 g/mol. The number of hydrogen-bond acceptors (Lipinski definition) is 3. The largest absolute Gasteiger partial charge is 0.382 e. The van der Waals surface area contributed by atoms with E-state index in [1.165, 1.54) is 0 Å². The minimum Gasteiger partial charge on any atom is -0.382 e. The number of nitrogens with two attached hydrogens (primary N) is 1. The molecule has 0 unspecified atom stereocenters. The van der Waals surface area contributed by atoms with Crippen LogP contribution in [0.3, 0.4) is 0 Å². The first-order valence-corrected chi connectivity index (χ1v) is 8.70. The Kier molecular flexibility index (Phi) is 7.08. The number of rotatable bonds is 2. The molecule has 1 aliphatic heterocycles. The van der Waals surface area contributed by atoms with Crippen LogP contribution in [0.4, 0.5) is 5.69 Å². The molecular formula is C17H20ClN5S. The second-order valence-electron chi connectivity index (χ2n) is 5.06. The van der Waals surface area contributed by atoms with E-state index in [-0.39, 0.29) is 12.4 Å². The summed E-state index contributed by atoms with van der Waals surface area (Å²) >= 11 is 1.95. The number of hydrogen-bond donors (Lipinski definition) is 1. The van der Waals surface area contributed by atoms with Gasteiger partial charge in [0, 0.05) is 30.8 Å². The van der Waals surface area contributed by atoms with E-state index in [1.54, 1.807) is 6.20 Å². The molecule has 1 fully saturated rings. The van der Waals surface area contributed by atoms with Crippen LogP contribution in [0.2, 0.25) is 0 Å². The SMILES string of the molecule is Cl.N/C(=N/C(=Nc1ccccc1)N1CCSCC1)c1ccccn1. The van der Waals surface area contributed by atoms with Gasteiger partial charge in [-0.1, -0.05) is 24.3 Å². The van der Waals surface area contributed by atoms with Crippen LogP contribution in [0.15, 0.2) is 64.7 Å². The van der Waals surface area contributed by atoms with E-state index in [1.807, 2.05) is 60.3 Å². The quantitative estimate of drug-likeness (QED) is 0.659. The summed E-state index contributed by atoms with van der Waals surface area (Å²) in [5.74, 6) is 3.19. The molecule has 2 N–H and O–H groups in total. The van der Waals surface area contributed by atoms with Gasteiger partial charge in [0.15, 0.2) is 5.84 Å². The first kappa shape index (κ1) is 18.3. The maximum atomic E-state index is 6.13. The first-order chi connectivity index (χ1) is 11.3. The number of benzene rings is 1. The summed E-state index contributed by atoms with van der Waals surface area (Å²) in [5, 5.41) is 0. The van der Waals surface area contributed by atoms with Crippen LogP contribution < -0.4 is 5.73 Å². The summed E-state index contributed by atoms with van der Waals surface area (Å²) < 4.78 is 0. The van der Waals surface area contributed by atoms with Crippen LogP contribution in [0.25, 0.3) is 0 Å². The molecule has 0 bridgehead atoms. The van der Waals surface area contributed by atoms with Crippen molar-refractivity contribution in [2.45, 2.75) is 0 Å². The minimum absolute atomic E-state index is 0. The van der Waals surface area contributed by atoms with Crippen molar-refractivity contribution in [1.82, 2.24) is 9.88 Å². The van der Waals surface area contributed by atoms with Gasteiger partial charge < -0.3 is 10.6 Å². The summed E-state index contributed by atoms with van der Waals surface area (Å²) in [7, 11) is 0. The van der Waals surface area contributed by atoms with Gasteiger partial charge in [-0.15, -0.1) is 12.4 Å². The molecule has 1 aromatic carbocycles. The number of nitrogens with zero attached hydrogens (tertiary/aromatic N) is 4. The molecule has 7 heteroatoms. The van der Waals surface area contributed by atoms with Crippen molar-refractivity contribution in [2.75, 3.05) is 24.6 Å². The number of halogens is 1. The summed E-state index contributed by atoms with van der Waals surface area (Å²) in [5.41, 5.74) is 7.67. The number of pyridine rings is 1. The molecule has 2 aromatic rings. The normalized spacial score (nSPS) is 15.8. The Labute approximate surface area is 152 Å². The number of aromatic nitrogens is 1. The third-order valence-electron chi connectivity index (χ3n) is 3.43. The molecule has 1 aliphatic rings. The molecule has 126 valence electrons. The van der Waals surface area contributed by atoms with Gasteiger partial charge in [-0.25, -0.2) is 4.99 Å². The van der Waals surface area contributed by atoms with Crippen LogP contribution in [-0.4, -0.2) is 46.3 Å². The van der Waals surface area contributed by atoms with Gasteiger partial charge in [0.2, 0.25) is 5.96 Å². The second-order valence-corrected chi connectivity index (χ2v) is 6.28. The molecule has 0 aliphatic carbocycles. The number of para-hydroxylation sites is 1. The van der Waals surface area contributed by atoms with E-state index in [4.69, 9.17) is 5.73 Å². The van der Waals surface area contributed by atoms with Crippen LogP contribution in [0.5, 0.6) is 0 Å². The van der Waals surface area contributed by atoms with Gasteiger partial charge in [-0.3, -0.25) is 4.98 Å². The number of amidine groups is 1. The first-order valence-electron chi connectivity index (χ1n) is 7.55. The van der Waals surface area contributed by atoms with Gasteiger partial charge in [0.25, 0.3) is 0 Å². The molecule has 0 amide bonds. The highest BCUT2D eigenvalue weighted by Gasteiger charge is 2.16. The lowest BCUT2D eigenvalue weighted by Gasteiger charge is -2.27. The molecule has 0 spiro atoms. The Morgan fingerprint density at radius 1 is 1.04 bits per heavy atom. The fourth-order valence-corrected chi connectivity index (χ4v) is 3.13. The van der Waals surface area contributed by atoms with Crippen molar-refractivity contribution in [3.63, 3.8) is 0 Å². The maximum absolute atomic E-state index is 6.13. The Hall–Kier alpha value is -2.05. The third kappa shape index (κ3) is 4.97. The van der Waals surface area contributed by atoms with E-state index >= 15 is 0 Å². The monoisotopic (exact) mass is 361 g/mol. The number of thioether (sulfide) groups is 1. The van der Waals surface area contributed by atoms with Crippen molar-refractivity contribution < 1.29 is 0 Å². The van der Waals surface area contributed by atoms with Gasteiger partial charge in [-0.2, -0.15) is 16.8 Å². The number of guanidine groups is 1. The average Bonchev–Trinajstić information content (AvgIpc) is 2.63. The molecule has 1 saturated heterocycles. The number of aliphatic imine (C=N–C) groups is 2. The van der Waals surface area contributed by atoms with Crippen LogP contribution >= 0.6 is 24.2 Å². The zero-order valence-electron chi connectivity index (χ0n) is 13.2. The Balaban J connectivity index is 0.00000208. The fraction of sp³-hybridized carbons (Fsp3) is 0.235. The molecule has 2 heterocycles. The smallest absolute Gasteiger partial charge is 0.227 e. The topological polar surface area (TPSA) is 66.9 Å². The van der Waals surface area contributed by atoms with Crippen molar-refractivity contribution in [2.24, 2.45) is 15.7 Å². The standard InChI is InChI=1S/C17H19N5S.ClH/c18-16(15-8-4-5-9-19-15)21-17(22-10-12-23-13-11-22)20-14-6-2-1-3-7-14;/h1-9H,10-13H2,(H2,18,20,21);1H. The molecule has 1 aromatic heterocycles. The van der Waals surface area contributed by atoms with Gasteiger partial charge >= 0.3 is 0 Å². The Bertz CT molecular complexity index is 685. The van der Waals surface area contributed by atoms with Crippen molar-refractivity contribution >= 4 is 41.7 Å². The molecule has 0 atom stereocenters. The predicted molar refractivity (Wildman–Crippen MR) is 105 cm³/mol. The second kappa shape index (κ2) is 9.30. The van der Waals surface area contributed by atoms with Crippen molar-refractivity contribution in [3.8, 4) is 0 Å². The lowest BCUT2D eigenvalue weighted by atomic mass is 10.3. The summed E-state index contributed by atoms with van der Waals surface area (Å²) in [4.78, 5) is 15.7. The van der Waals surface area contributed by atoms with Gasteiger partial charge in [0.1, 0.15) is 5.69 Å². The van der Waals surface area contributed by atoms with E-state index in [2.05, 4.69) is 19.9 Å². The summed E-state index contributed by atoms with van der Waals surface area (Å²) in [6.07, 6.45) is 1.71. The third-order valence-corrected chi connectivity index (χ3v) is 4.37. The summed E-state index contributed by atoms with van der Waals surface area (Å²) in [6, 6.07) is 15.4. The molecule has 0 radical (unpaired) electrons.